The van der Waals surface area contributed by atoms with Gasteiger partial charge < -0.3 is 0 Å². The summed E-state index contributed by atoms with van der Waals surface area (Å²) >= 11 is 0. The van der Waals surface area contributed by atoms with E-state index in [0.29, 0.717) is 0 Å². The number of sulfone groups is 1. The minimum Gasteiger partial charge on any atom is -0.299 e. The Hall–Kier alpha value is -0.910. The quantitative estimate of drug-likeness (QED) is 0.685. The van der Waals surface area contributed by atoms with Crippen molar-refractivity contribution < 1.29 is 8.42 Å². The lowest BCUT2D eigenvalue weighted by atomic mass is 10.3. The van der Waals surface area contributed by atoms with Gasteiger partial charge in [0.2, 0.25) is 15.0 Å². The fourth-order valence-corrected chi connectivity index (χ4v) is 2.09. The van der Waals surface area contributed by atoms with Crippen LogP contribution in [0.15, 0.2) is 11.5 Å². The molecule has 1 fully saturated rings. The van der Waals surface area contributed by atoms with Crippen molar-refractivity contribution >= 4 is 9.84 Å². The molecule has 1 aliphatic rings. The molecule has 0 atom stereocenters. The van der Waals surface area contributed by atoms with Crippen LogP contribution in [0.4, 0.5) is 0 Å². The van der Waals surface area contributed by atoms with Gasteiger partial charge in [-0.2, -0.15) is 0 Å². The summed E-state index contributed by atoms with van der Waals surface area (Å²) in [5.74, 6) is 0. The Bertz CT molecular complexity index is 430. The van der Waals surface area contributed by atoms with E-state index in [1.54, 1.807) is 4.57 Å². The summed E-state index contributed by atoms with van der Waals surface area (Å²) in [4.78, 5) is 0. The Balaban J connectivity index is 2.55. The second kappa shape index (κ2) is 2.31. The van der Waals surface area contributed by atoms with Crippen molar-refractivity contribution in [2.75, 3.05) is 6.26 Å². The minimum atomic E-state index is -3.24. The molecule has 0 N–H and O–H groups in total. The molecule has 0 spiro atoms. The Morgan fingerprint density at radius 1 is 1.54 bits per heavy atom. The van der Waals surface area contributed by atoms with Crippen LogP contribution in [0.25, 0.3) is 0 Å². The number of nitrogens with zero attached hydrogens (tertiary/aromatic N) is 3. The minimum absolute atomic E-state index is 0.0675. The fourth-order valence-electron chi connectivity index (χ4n) is 1.27. The molecule has 1 heterocycles. The zero-order valence-electron chi connectivity index (χ0n) is 7.56. The third kappa shape index (κ3) is 1.35. The first-order valence-corrected chi connectivity index (χ1v) is 5.93. The highest BCUT2D eigenvalue weighted by atomic mass is 32.2. The Morgan fingerprint density at radius 2 is 2.15 bits per heavy atom. The Labute approximate surface area is 76.7 Å². The van der Waals surface area contributed by atoms with Gasteiger partial charge in [0.05, 0.1) is 0 Å². The van der Waals surface area contributed by atoms with Gasteiger partial charge in [0.25, 0.3) is 0 Å². The van der Waals surface area contributed by atoms with Crippen molar-refractivity contribution in [3.8, 4) is 0 Å². The Kier molecular flexibility index (Phi) is 1.54. The summed E-state index contributed by atoms with van der Waals surface area (Å²) in [5.41, 5.74) is -0.0675. The van der Waals surface area contributed by atoms with E-state index in [2.05, 4.69) is 10.2 Å². The van der Waals surface area contributed by atoms with E-state index in [-0.39, 0.29) is 10.7 Å². The molecule has 0 aliphatic heterocycles. The fraction of sp³-hybridized carbons (Fsp3) is 0.714. The lowest BCUT2D eigenvalue weighted by molar-refractivity contribution is 0.474. The maximum Gasteiger partial charge on any atom is 0.249 e. The molecular formula is C7H11N3O2S. The van der Waals surface area contributed by atoms with Crippen molar-refractivity contribution in [2.24, 2.45) is 0 Å². The van der Waals surface area contributed by atoms with Crippen LogP contribution in [-0.2, 0) is 15.4 Å². The van der Waals surface area contributed by atoms with Gasteiger partial charge in [-0.1, -0.05) is 0 Å². The monoisotopic (exact) mass is 201 g/mol. The third-order valence-corrected chi connectivity index (χ3v) is 3.34. The number of hydrogen-bond donors (Lipinski definition) is 0. The van der Waals surface area contributed by atoms with Gasteiger partial charge in [0.1, 0.15) is 6.33 Å². The van der Waals surface area contributed by atoms with E-state index in [1.807, 2.05) is 6.92 Å². The normalized spacial score (nSPS) is 20.2. The molecule has 0 unspecified atom stereocenters. The van der Waals surface area contributed by atoms with E-state index >= 15 is 0 Å². The van der Waals surface area contributed by atoms with E-state index in [9.17, 15) is 8.42 Å². The molecule has 0 bridgehead atoms. The molecular weight excluding hydrogens is 190 g/mol. The SMILES string of the molecule is CC1(n2cnnc2S(C)(=O)=O)CC1. The van der Waals surface area contributed by atoms with Crippen molar-refractivity contribution in [1.29, 1.82) is 0 Å². The molecule has 0 amide bonds. The summed E-state index contributed by atoms with van der Waals surface area (Å²) in [6.07, 6.45) is 4.63. The zero-order valence-corrected chi connectivity index (χ0v) is 8.37. The van der Waals surface area contributed by atoms with Crippen LogP contribution in [0, 0.1) is 0 Å². The lowest BCUT2D eigenvalue weighted by Gasteiger charge is -2.11. The summed E-state index contributed by atoms with van der Waals surface area (Å²) in [7, 11) is -3.24. The topological polar surface area (TPSA) is 64.8 Å². The number of aromatic nitrogens is 3. The van der Waals surface area contributed by atoms with Crippen molar-refractivity contribution in [1.82, 2.24) is 14.8 Å². The van der Waals surface area contributed by atoms with Crippen LogP contribution in [0.5, 0.6) is 0 Å². The standard InChI is InChI=1S/C7H11N3O2S/c1-7(3-4-7)10-5-8-9-6(10)13(2,11)12/h5H,3-4H2,1-2H3. The molecule has 72 valence electrons. The van der Waals surface area contributed by atoms with Crippen LogP contribution in [0.3, 0.4) is 0 Å². The van der Waals surface area contributed by atoms with Gasteiger partial charge >= 0.3 is 0 Å². The van der Waals surface area contributed by atoms with Gasteiger partial charge in [-0.25, -0.2) is 8.42 Å². The van der Waals surface area contributed by atoms with E-state index in [4.69, 9.17) is 0 Å². The zero-order chi connectivity index (χ0) is 9.69. The molecule has 0 aromatic carbocycles. The highest BCUT2D eigenvalue weighted by Gasteiger charge is 2.42. The molecule has 0 radical (unpaired) electrons. The smallest absolute Gasteiger partial charge is 0.249 e. The first-order valence-electron chi connectivity index (χ1n) is 4.04. The largest absolute Gasteiger partial charge is 0.299 e. The Morgan fingerprint density at radius 3 is 2.62 bits per heavy atom. The number of rotatable bonds is 2. The average molecular weight is 201 g/mol. The molecule has 0 saturated heterocycles. The van der Waals surface area contributed by atoms with Gasteiger partial charge in [-0.3, -0.25) is 4.57 Å². The highest BCUT2D eigenvalue weighted by molar-refractivity contribution is 7.90. The molecule has 6 heteroatoms. The van der Waals surface area contributed by atoms with Crippen molar-refractivity contribution in [2.45, 2.75) is 30.5 Å². The maximum atomic E-state index is 11.3. The summed E-state index contributed by atoms with van der Waals surface area (Å²) in [6, 6.07) is 0. The maximum absolute atomic E-state index is 11.3. The predicted molar refractivity (Wildman–Crippen MR) is 46.0 cm³/mol. The molecule has 1 aromatic rings. The van der Waals surface area contributed by atoms with Crippen LogP contribution >= 0.6 is 0 Å². The predicted octanol–water partition coefficient (Wildman–Crippen LogP) is 0.191. The lowest BCUT2D eigenvalue weighted by Crippen LogP contribution is -2.17. The molecule has 13 heavy (non-hydrogen) atoms. The third-order valence-electron chi connectivity index (χ3n) is 2.40. The molecule has 1 saturated carbocycles. The van der Waals surface area contributed by atoms with Crippen LogP contribution in [0.2, 0.25) is 0 Å². The molecule has 5 nitrogen and oxygen atoms in total. The van der Waals surface area contributed by atoms with Gasteiger partial charge in [-0.15, -0.1) is 10.2 Å². The summed E-state index contributed by atoms with van der Waals surface area (Å²) < 4.78 is 24.2. The van der Waals surface area contributed by atoms with Crippen LogP contribution in [0.1, 0.15) is 19.8 Å². The van der Waals surface area contributed by atoms with Crippen LogP contribution in [-0.4, -0.2) is 29.4 Å². The second-order valence-corrected chi connectivity index (χ2v) is 5.66. The van der Waals surface area contributed by atoms with Gasteiger partial charge in [-0.05, 0) is 19.8 Å². The summed E-state index contributed by atoms with van der Waals surface area (Å²) in [5, 5.41) is 7.32. The highest BCUT2D eigenvalue weighted by Crippen LogP contribution is 2.43. The average Bonchev–Trinajstić information content (AvgIpc) is 2.60. The van der Waals surface area contributed by atoms with Crippen LogP contribution < -0.4 is 0 Å². The van der Waals surface area contributed by atoms with E-state index < -0.39 is 9.84 Å². The first-order chi connectivity index (χ1) is 5.93. The van der Waals surface area contributed by atoms with E-state index in [0.717, 1.165) is 19.1 Å². The molecule has 1 aliphatic carbocycles. The number of hydrogen-bond acceptors (Lipinski definition) is 4. The first kappa shape index (κ1) is 8.68. The molecule has 2 rings (SSSR count). The van der Waals surface area contributed by atoms with Gasteiger partial charge in [0.15, 0.2) is 0 Å². The summed E-state index contributed by atoms with van der Waals surface area (Å²) in [6.45, 7) is 2.00. The van der Waals surface area contributed by atoms with E-state index in [1.165, 1.54) is 6.33 Å². The molecule has 1 aromatic heterocycles. The van der Waals surface area contributed by atoms with Crippen molar-refractivity contribution in [3.05, 3.63) is 6.33 Å². The van der Waals surface area contributed by atoms with Crippen molar-refractivity contribution in [3.63, 3.8) is 0 Å². The van der Waals surface area contributed by atoms with Gasteiger partial charge in [0, 0.05) is 11.8 Å². The second-order valence-electron chi connectivity index (χ2n) is 3.75.